The quantitative estimate of drug-likeness (QED) is 0.923. The first kappa shape index (κ1) is 14.1. The van der Waals surface area contributed by atoms with E-state index in [1.807, 2.05) is 0 Å². The molecule has 112 valence electrons. The van der Waals surface area contributed by atoms with Crippen LogP contribution in [0.1, 0.15) is 57.2 Å². The Labute approximate surface area is 122 Å². The molecule has 1 saturated heterocycles. The van der Waals surface area contributed by atoms with E-state index in [-0.39, 0.29) is 0 Å². The molecule has 0 amide bonds. The Hall–Kier alpha value is -0.870. The maximum atomic E-state index is 6.12. The summed E-state index contributed by atoms with van der Waals surface area (Å²) < 4.78 is 2.21. The van der Waals surface area contributed by atoms with Gasteiger partial charge in [0.2, 0.25) is 0 Å². The largest absolute Gasteiger partial charge is 0.327 e. The monoisotopic (exact) mass is 276 g/mol. The van der Waals surface area contributed by atoms with Crippen LogP contribution in [0.5, 0.6) is 0 Å². The summed E-state index contributed by atoms with van der Waals surface area (Å²) in [7, 11) is 0. The second kappa shape index (κ2) is 6.27. The first-order valence-electron chi connectivity index (χ1n) is 8.22. The topological polar surface area (TPSA) is 47.1 Å². The molecule has 4 heteroatoms. The van der Waals surface area contributed by atoms with E-state index in [4.69, 9.17) is 10.8 Å². The third kappa shape index (κ3) is 3.41. The highest BCUT2D eigenvalue weighted by Gasteiger charge is 2.23. The molecule has 3 rings (SSSR count). The van der Waals surface area contributed by atoms with Crippen LogP contribution in [0, 0.1) is 5.92 Å². The lowest BCUT2D eigenvalue weighted by molar-refractivity contribution is 0.156. The second-order valence-corrected chi connectivity index (χ2v) is 6.87. The zero-order valence-electron chi connectivity index (χ0n) is 12.7. The van der Waals surface area contributed by atoms with E-state index in [0.717, 1.165) is 26.1 Å². The first-order chi connectivity index (χ1) is 9.70. The lowest BCUT2D eigenvalue weighted by atomic mass is 9.96. The molecule has 0 radical (unpaired) electrons. The molecule has 1 aliphatic carbocycles. The Morgan fingerprint density at radius 1 is 1.25 bits per heavy atom. The molecule has 2 N–H and O–H groups in total. The third-order valence-corrected chi connectivity index (χ3v) is 4.77. The van der Waals surface area contributed by atoms with Crippen LogP contribution < -0.4 is 5.73 Å². The Bertz CT molecular complexity index is 412. The number of likely N-dealkylation sites (tertiary alicyclic amines) is 1. The van der Waals surface area contributed by atoms with Gasteiger partial charge in [-0.2, -0.15) is 5.10 Å². The van der Waals surface area contributed by atoms with Crippen molar-refractivity contribution in [3.8, 4) is 0 Å². The van der Waals surface area contributed by atoms with E-state index in [2.05, 4.69) is 28.8 Å². The Morgan fingerprint density at radius 2 is 2.05 bits per heavy atom. The predicted molar refractivity (Wildman–Crippen MR) is 81.4 cm³/mol. The molecule has 1 aromatic rings. The van der Waals surface area contributed by atoms with Crippen LogP contribution in [0.2, 0.25) is 0 Å². The number of hydrogen-bond donors (Lipinski definition) is 1. The fraction of sp³-hybridized carbons (Fsp3) is 0.812. The van der Waals surface area contributed by atoms with Gasteiger partial charge in [0.25, 0.3) is 0 Å². The molecular formula is C16H28N4. The molecule has 4 nitrogen and oxygen atoms in total. The van der Waals surface area contributed by atoms with E-state index >= 15 is 0 Å². The van der Waals surface area contributed by atoms with Crippen molar-refractivity contribution >= 4 is 0 Å². The zero-order chi connectivity index (χ0) is 13.9. The summed E-state index contributed by atoms with van der Waals surface area (Å²) in [6, 6.07) is 3.17. The zero-order valence-corrected chi connectivity index (χ0v) is 12.7. The molecule has 2 atom stereocenters. The van der Waals surface area contributed by atoms with Crippen molar-refractivity contribution in [2.24, 2.45) is 11.7 Å². The molecule has 1 aromatic heterocycles. The summed E-state index contributed by atoms with van der Waals surface area (Å²) in [6.45, 7) is 5.43. The average molecular weight is 276 g/mol. The van der Waals surface area contributed by atoms with Crippen LogP contribution in [0.3, 0.4) is 0 Å². The first-order valence-corrected chi connectivity index (χ1v) is 8.22. The van der Waals surface area contributed by atoms with Crippen molar-refractivity contribution in [2.75, 3.05) is 13.1 Å². The number of aromatic nitrogens is 2. The normalized spacial score (nSPS) is 29.7. The van der Waals surface area contributed by atoms with Gasteiger partial charge >= 0.3 is 0 Å². The molecule has 20 heavy (non-hydrogen) atoms. The van der Waals surface area contributed by atoms with Crippen molar-refractivity contribution in [3.63, 3.8) is 0 Å². The molecular weight excluding hydrogens is 248 g/mol. The highest BCUT2D eigenvalue weighted by Crippen LogP contribution is 2.27. The highest BCUT2D eigenvalue weighted by molar-refractivity contribution is 5.01. The van der Waals surface area contributed by atoms with Crippen LogP contribution in [-0.4, -0.2) is 33.8 Å². The molecule has 1 saturated carbocycles. The van der Waals surface area contributed by atoms with E-state index < -0.39 is 0 Å². The van der Waals surface area contributed by atoms with Crippen molar-refractivity contribution in [1.29, 1.82) is 0 Å². The molecule has 0 aromatic carbocycles. The fourth-order valence-corrected chi connectivity index (χ4v) is 3.88. The minimum Gasteiger partial charge on any atom is -0.327 e. The summed E-state index contributed by atoms with van der Waals surface area (Å²) in [4.78, 5) is 2.46. The Morgan fingerprint density at radius 3 is 2.80 bits per heavy atom. The van der Waals surface area contributed by atoms with Gasteiger partial charge in [-0.15, -0.1) is 0 Å². The van der Waals surface area contributed by atoms with E-state index in [1.165, 1.54) is 37.8 Å². The van der Waals surface area contributed by atoms with Crippen LogP contribution in [0.25, 0.3) is 0 Å². The summed E-state index contributed by atoms with van der Waals surface area (Å²) in [5.41, 5.74) is 7.33. The Kier molecular flexibility index (Phi) is 4.41. The minimum atomic E-state index is 0.333. The molecule has 2 aliphatic rings. The second-order valence-electron chi connectivity index (χ2n) is 6.87. The van der Waals surface area contributed by atoms with Gasteiger partial charge in [0.1, 0.15) is 0 Å². The fourth-order valence-electron chi connectivity index (χ4n) is 3.88. The van der Waals surface area contributed by atoms with Crippen LogP contribution in [-0.2, 0) is 6.54 Å². The molecule has 0 bridgehead atoms. The van der Waals surface area contributed by atoms with Crippen molar-refractivity contribution in [1.82, 2.24) is 14.7 Å². The third-order valence-electron chi connectivity index (χ3n) is 4.77. The summed E-state index contributed by atoms with van der Waals surface area (Å²) in [5, 5.41) is 4.81. The number of rotatable bonds is 3. The molecule has 1 aliphatic heterocycles. The maximum Gasteiger partial charge on any atom is 0.0764 e. The standard InChI is InChI=1S/C16H28N4/c1-13-9-14(17)11-19(10-13)12-15-7-8-20(18-15)16-5-3-2-4-6-16/h7-8,13-14,16H,2-6,9-12,17H2,1H3. The summed E-state index contributed by atoms with van der Waals surface area (Å²) >= 11 is 0. The van der Waals surface area contributed by atoms with Gasteiger partial charge < -0.3 is 5.73 Å². The minimum absolute atomic E-state index is 0.333. The van der Waals surface area contributed by atoms with Crippen LogP contribution in [0.4, 0.5) is 0 Å². The van der Waals surface area contributed by atoms with E-state index in [0.29, 0.717) is 18.0 Å². The SMILES string of the molecule is CC1CC(N)CN(Cc2ccn(C3CCCCC3)n2)C1. The number of piperidine rings is 1. The highest BCUT2D eigenvalue weighted by atomic mass is 15.3. The van der Waals surface area contributed by atoms with Gasteiger partial charge in [0.15, 0.2) is 0 Å². The summed E-state index contributed by atoms with van der Waals surface area (Å²) in [5.74, 6) is 0.708. The van der Waals surface area contributed by atoms with Gasteiger partial charge in [-0.05, 0) is 31.2 Å². The van der Waals surface area contributed by atoms with Gasteiger partial charge in [0.05, 0.1) is 11.7 Å². The molecule has 2 fully saturated rings. The molecule has 0 spiro atoms. The van der Waals surface area contributed by atoms with Crippen molar-refractivity contribution < 1.29 is 0 Å². The average Bonchev–Trinajstić information content (AvgIpc) is 2.87. The smallest absolute Gasteiger partial charge is 0.0764 e. The van der Waals surface area contributed by atoms with Gasteiger partial charge in [-0.1, -0.05) is 26.2 Å². The van der Waals surface area contributed by atoms with Crippen molar-refractivity contribution in [3.05, 3.63) is 18.0 Å². The lowest BCUT2D eigenvalue weighted by Crippen LogP contribution is -2.45. The maximum absolute atomic E-state index is 6.12. The van der Waals surface area contributed by atoms with Crippen LogP contribution in [0.15, 0.2) is 12.3 Å². The Balaban J connectivity index is 1.59. The summed E-state index contributed by atoms with van der Waals surface area (Å²) in [6.07, 6.45) is 10.1. The number of nitrogens with zero attached hydrogens (tertiary/aromatic N) is 3. The number of hydrogen-bond acceptors (Lipinski definition) is 3. The van der Waals surface area contributed by atoms with E-state index in [1.54, 1.807) is 0 Å². The van der Waals surface area contributed by atoms with Crippen LogP contribution >= 0.6 is 0 Å². The van der Waals surface area contributed by atoms with Crippen molar-refractivity contribution in [2.45, 2.75) is 64.1 Å². The van der Waals surface area contributed by atoms with Gasteiger partial charge in [-0.3, -0.25) is 9.58 Å². The van der Waals surface area contributed by atoms with Gasteiger partial charge in [0, 0.05) is 31.9 Å². The van der Waals surface area contributed by atoms with Gasteiger partial charge in [-0.25, -0.2) is 0 Å². The molecule has 2 unspecified atom stereocenters. The number of nitrogens with two attached hydrogens (primary N) is 1. The van der Waals surface area contributed by atoms with E-state index in [9.17, 15) is 0 Å². The lowest BCUT2D eigenvalue weighted by Gasteiger charge is -2.34. The predicted octanol–water partition coefficient (Wildman–Crippen LogP) is 2.56. The molecule has 2 heterocycles.